The number of carbonyl (C=O) groups is 5. The van der Waals surface area contributed by atoms with Crippen molar-refractivity contribution in [3.05, 3.63) is 0 Å². The molecule has 0 aromatic heterocycles. The van der Waals surface area contributed by atoms with E-state index in [4.69, 9.17) is 10.5 Å². The van der Waals surface area contributed by atoms with Gasteiger partial charge in [-0.15, -0.1) is 0 Å². The van der Waals surface area contributed by atoms with Gasteiger partial charge in [0.2, 0.25) is 17.6 Å². The predicted octanol–water partition coefficient (Wildman–Crippen LogP) is 2.30. The first-order valence-corrected chi connectivity index (χ1v) is 14.9. The normalized spacial score (nSPS) is 30.4. The molecule has 226 valence electrons. The smallest absolute Gasteiger partial charge is 0.315 e. The van der Waals surface area contributed by atoms with Gasteiger partial charge in [-0.05, 0) is 53.9 Å². The fourth-order valence-electron chi connectivity index (χ4n) is 6.28. The van der Waals surface area contributed by atoms with Crippen LogP contribution in [0.5, 0.6) is 0 Å². The lowest BCUT2D eigenvalue weighted by atomic mass is 9.89. The quantitative estimate of drug-likeness (QED) is 0.386. The van der Waals surface area contributed by atoms with Gasteiger partial charge in [-0.1, -0.05) is 51.4 Å². The van der Waals surface area contributed by atoms with Crippen LogP contribution >= 0.6 is 0 Å². The van der Waals surface area contributed by atoms with Crippen molar-refractivity contribution >= 4 is 29.5 Å². The van der Waals surface area contributed by atoms with Crippen molar-refractivity contribution < 1.29 is 28.7 Å². The topological polar surface area (TPSA) is 160 Å². The van der Waals surface area contributed by atoms with Crippen molar-refractivity contribution in [3.63, 3.8) is 0 Å². The summed E-state index contributed by atoms with van der Waals surface area (Å²) in [5.74, 6) is -3.05. The maximum atomic E-state index is 14.0. The Morgan fingerprint density at radius 1 is 0.975 bits per heavy atom. The molecule has 0 bridgehead atoms. The third kappa shape index (κ3) is 8.65. The molecular formula is C29H49N5O6. The van der Waals surface area contributed by atoms with E-state index in [-0.39, 0.29) is 24.5 Å². The standard InChI is InChI=1S/C29H49N5O6/c1-28(2,3)33-27(39)32-20-15-13-11-9-7-6-8-10-12-14-19(23(35)24(30)36)31-25(37)22-18-16-29(4,5)40-21(18)17-34(22)26(20)38/h18-22H,6-17H2,1-5H3,(H2,30,36)(H,31,37)(H2,32,33,39)/t18-,19-,20-,21?,22-/m0/s1. The summed E-state index contributed by atoms with van der Waals surface area (Å²) in [4.78, 5) is 66.6. The Hall–Kier alpha value is -2.69. The van der Waals surface area contributed by atoms with Crippen molar-refractivity contribution in [2.45, 2.75) is 141 Å². The number of ether oxygens (including phenoxy) is 1. The lowest BCUT2D eigenvalue weighted by Gasteiger charge is -2.33. The van der Waals surface area contributed by atoms with E-state index in [0.29, 0.717) is 25.7 Å². The number of amides is 5. The number of Topliss-reactive ketones (excluding diaryl/α,β-unsaturated/α-hetero) is 1. The molecule has 3 fully saturated rings. The molecule has 0 aromatic carbocycles. The van der Waals surface area contributed by atoms with Gasteiger partial charge in [0.15, 0.2) is 0 Å². The van der Waals surface area contributed by atoms with Crippen LogP contribution in [0.3, 0.4) is 0 Å². The van der Waals surface area contributed by atoms with E-state index in [1.54, 1.807) is 0 Å². The van der Waals surface area contributed by atoms with E-state index in [0.717, 1.165) is 44.9 Å². The number of carbonyl (C=O) groups excluding carboxylic acids is 5. The Bertz CT molecular complexity index is 961. The summed E-state index contributed by atoms with van der Waals surface area (Å²) in [6, 6.07) is -3.20. The Labute approximate surface area is 238 Å². The molecule has 5 amide bonds. The van der Waals surface area contributed by atoms with Gasteiger partial charge in [-0.3, -0.25) is 19.2 Å². The first kappa shape index (κ1) is 31.8. The molecule has 5 atom stereocenters. The first-order valence-electron chi connectivity index (χ1n) is 14.9. The Morgan fingerprint density at radius 3 is 2.12 bits per heavy atom. The van der Waals surface area contributed by atoms with E-state index >= 15 is 0 Å². The van der Waals surface area contributed by atoms with Crippen LogP contribution in [0, 0.1) is 5.92 Å². The minimum Gasteiger partial charge on any atom is -0.370 e. The number of ketones is 1. The molecule has 0 saturated carbocycles. The molecule has 3 aliphatic heterocycles. The van der Waals surface area contributed by atoms with Crippen LogP contribution in [0.1, 0.15) is 105 Å². The maximum Gasteiger partial charge on any atom is 0.315 e. The van der Waals surface area contributed by atoms with Crippen LogP contribution in [-0.4, -0.2) is 76.4 Å². The molecule has 11 nitrogen and oxygen atoms in total. The predicted molar refractivity (Wildman–Crippen MR) is 150 cm³/mol. The number of nitrogens with one attached hydrogen (secondary N) is 3. The molecule has 0 aliphatic carbocycles. The highest BCUT2D eigenvalue weighted by Gasteiger charge is 2.56. The highest BCUT2D eigenvalue weighted by molar-refractivity contribution is 6.37. The summed E-state index contributed by atoms with van der Waals surface area (Å²) in [6.45, 7) is 9.70. The number of nitrogens with zero attached hydrogens (tertiary/aromatic N) is 1. The third-order valence-corrected chi connectivity index (χ3v) is 8.05. The van der Waals surface area contributed by atoms with Crippen molar-refractivity contribution in [3.8, 4) is 0 Å². The van der Waals surface area contributed by atoms with Gasteiger partial charge in [0.1, 0.15) is 12.1 Å². The van der Waals surface area contributed by atoms with Gasteiger partial charge in [0.05, 0.1) is 17.7 Å². The van der Waals surface area contributed by atoms with Crippen molar-refractivity contribution in [1.82, 2.24) is 20.9 Å². The Morgan fingerprint density at radius 2 is 1.55 bits per heavy atom. The van der Waals surface area contributed by atoms with Gasteiger partial charge in [0, 0.05) is 18.0 Å². The molecule has 1 unspecified atom stereocenters. The summed E-state index contributed by atoms with van der Waals surface area (Å²) in [5.41, 5.74) is 4.36. The molecule has 0 radical (unpaired) electrons. The molecule has 5 N–H and O–H groups in total. The molecule has 3 saturated heterocycles. The minimum atomic E-state index is -1.09. The van der Waals surface area contributed by atoms with Gasteiger partial charge in [-0.2, -0.15) is 0 Å². The average Bonchev–Trinajstić information content (AvgIpc) is 3.32. The lowest BCUT2D eigenvalue weighted by Crippen LogP contribution is -2.59. The fraction of sp³-hybridized carbons (Fsp3) is 0.828. The van der Waals surface area contributed by atoms with Crippen LogP contribution in [-0.2, 0) is 23.9 Å². The zero-order valence-electron chi connectivity index (χ0n) is 24.8. The summed E-state index contributed by atoms with van der Waals surface area (Å²) >= 11 is 0. The third-order valence-electron chi connectivity index (χ3n) is 8.05. The number of fused-ring (bicyclic) bond motifs is 3. The van der Waals surface area contributed by atoms with Crippen LogP contribution in [0.2, 0.25) is 0 Å². The monoisotopic (exact) mass is 563 g/mol. The lowest BCUT2D eigenvalue weighted by molar-refractivity contribution is -0.143. The van der Waals surface area contributed by atoms with E-state index in [1.165, 1.54) is 4.90 Å². The average molecular weight is 564 g/mol. The molecule has 11 heteroatoms. The SMILES string of the molecule is CC(C)(C)NC(=O)N[C@H]1CCCCCCCCCC[C@@H](C(=O)C(N)=O)NC(=O)[C@@H]2[C@H]3CC(C)(C)OC3CN2C1=O. The van der Waals surface area contributed by atoms with Crippen molar-refractivity contribution in [1.29, 1.82) is 0 Å². The van der Waals surface area contributed by atoms with Crippen molar-refractivity contribution in [2.75, 3.05) is 6.54 Å². The van der Waals surface area contributed by atoms with E-state index in [2.05, 4.69) is 16.0 Å². The summed E-state index contributed by atoms with van der Waals surface area (Å²) in [7, 11) is 0. The molecular weight excluding hydrogens is 514 g/mol. The Balaban J connectivity index is 1.91. The summed E-state index contributed by atoms with van der Waals surface area (Å²) in [6.07, 6.45) is 8.34. The summed E-state index contributed by atoms with van der Waals surface area (Å²) < 4.78 is 6.22. The van der Waals surface area contributed by atoms with Crippen LogP contribution in [0.25, 0.3) is 0 Å². The number of rotatable bonds is 3. The Kier molecular flexibility index (Phi) is 10.6. The number of hydrogen-bond acceptors (Lipinski definition) is 6. The number of nitrogens with two attached hydrogens (primary N) is 1. The van der Waals surface area contributed by atoms with Gasteiger partial charge in [-0.25, -0.2) is 4.79 Å². The van der Waals surface area contributed by atoms with E-state index < -0.39 is 52.9 Å². The van der Waals surface area contributed by atoms with Crippen LogP contribution in [0.4, 0.5) is 4.79 Å². The number of hydrogen-bond donors (Lipinski definition) is 4. The van der Waals surface area contributed by atoms with Crippen LogP contribution < -0.4 is 21.7 Å². The zero-order valence-corrected chi connectivity index (χ0v) is 24.8. The van der Waals surface area contributed by atoms with Crippen molar-refractivity contribution in [2.24, 2.45) is 11.7 Å². The zero-order chi connectivity index (χ0) is 29.7. The minimum absolute atomic E-state index is 0.207. The van der Waals surface area contributed by atoms with Gasteiger partial charge < -0.3 is 31.3 Å². The number of urea groups is 1. The molecule has 40 heavy (non-hydrogen) atoms. The fourth-order valence-corrected chi connectivity index (χ4v) is 6.28. The molecule has 0 aromatic rings. The first-order chi connectivity index (χ1) is 18.7. The number of primary amides is 1. The van der Waals surface area contributed by atoms with Crippen LogP contribution in [0.15, 0.2) is 0 Å². The van der Waals surface area contributed by atoms with E-state index in [9.17, 15) is 24.0 Å². The molecule has 0 spiro atoms. The molecule has 3 aliphatic rings. The molecule has 3 rings (SSSR count). The molecule has 3 heterocycles. The van der Waals surface area contributed by atoms with Gasteiger partial charge in [0.25, 0.3) is 5.91 Å². The second kappa shape index (κ2) is 13.3. The van der Waals surface area contributed by atoms with Gasteiger partial charge >= 0.3 is 6.03 Å². The maximum absolute atomic E-state index is 14.0. The summed E-state index contributed by atoms with van der Waals surface area (Å²) in [5, 5.41) is 8.49. The largest absolute Gasteiger partial charge is 0.370 e. The second-order valence-corrected chi connectivity index (χ2v) is 13.3. The van der Waals surface area contributed by atoms with E-state index in [1.807, 2.05) is 34.6 Å². The highest BCUT2D eigenvalue weighted by atomic mass is 16.5. The second-order valence-electron chi connectivity index (χ2n) is 13.3. The highest BCUT2D eigenvalue weighted by Crippen LogP contribution is 2.43.